The molecule has 1 aromatic heterocycles. The second-order valence-electron chi connectivity index (χ2n) is 6.79. The van der Waals surface area contributed by atoms with Crippen LogP contribution in [-0.2, 0) is 30.7 Å². The van der Waals surface area contributed by atoms with Gasteiger partial charge in [0, 0.05) is 6.54 Å². The van der Waals surface area contributed by atoms with E-state index >= 15 is 0 Å². The van der Waals surface area contributed by atoms with E-state index in [2.05, 4.69) is 38.1 Å². The Balaban J connectivity index is 1.66. The lowest BCUT2D eigenvalue weighted by Crippen LogP contribution is -2.34. The van der Waals surface area contributed by atoms with Crippen molar-refractivity contribution in [3.05, 3.63) is 89.4 Å². The fourth-order valence-corrected chi connectivity index (χ4v) is 2.98. The van der Waals surface area contributed by atoms with Gasteiger partial charge in [-0.15, -0.1) is 0 Å². The van der Waals surface area contributed by atoms with E-state index < -0.39 is 0 Å². The Labute approximate surface area is 166 Å². The van der Waals surface area contributed by atoms with Crippen LogP contribution in [0.4, 0.5) is 0 Å². The van der Waals surface area contributed by atoms with Gasteiger partial charge in [0.2, 0.25) is 0 Å². The van der Waals surface area contributed by atoms with Crippen LogP contribution >= 0.6 is 0 Å². The van der Waals surface area contributed by atoms with Gasteiger partial charge in [-0.2, -0.15) is 0 Å². The highest BCUT2D eigenvalue weighted by atomic mass is 16.5. The largest absolute Gasteiger partial charge is 0.484 e. The first-order chi connectivity index (χ1) is 13.7. The second-order valence-corrected chi connectivity index (χ2v) is 6.79. The molecule has 2 aromatic carbocycles. The Hall–Kier alpha value is -3.01. The molecule has 0 atom stereocenters. The summed E-state index contributed by atoms with van der Waals surface area (Å²) in [7, 11) is 0. The molecular formula is C24H27NO3. The zero-order valence-electron chi connectivity index (χ0n) is 16.6. The first kappa shape index (κ1) is 19.7. The van der Waals surface area contributed by atoms with Crippen LogP contribution in [0, 0.1) is 0 Å². The molecule has 0 saturated heterocycles. The Morgan fingerprint density at radius 3 is 2.04 bits per heavy atom. The number of furan rings is 1. The zero-order chi connectivity index (χ0) is 19.8. The van der Waals surface area contributed by atoms with Crippen LogP contribution in [0.5, 0.6) is 5.75 Å². The highest BCUT2D eigenvalue weighted by Crippen LogP contribution is 2.15. The minimum Gasteiger partial charge on any atom is -0.484 e. The topological polar surface area (TPSA) is 42.7 Å². The lowest BCUT2D eigenvalue weighted by molar-refractivity contribution is -0.134. The monoisotopic (exact) mass is 377 g/mol. The fourth-order valence-electron chi connectivity index (χ4n) is 2.98. The Morgan fingerprint density at radius 2 is 1.46 bits per heavy atom. The van der Waals surface area contributed by atoms with Gasteiger partial charge in [0.25, 0.3) is 5.91 Å². The summed E-state index contributed by atoms with van der Waals surface area (Å²) in [5.74, 6) is 1.39. The third-order valence-corrected chi connectivity index (χ3v) is 4.78. The molecule has 0 unspecified atom stereocenters. The highest BCUT2D eigenvalue weighted by molar-refractivity contribution is 5.77. The minimum atomic E-state index is -0.0736. The summed E-state index contributed by atoms with van der Waals surface area (Å²) in [5.41, 5.74) is 3.62. The number of carbonyl (C=O) groups is 1. The third kappa shape index (κ3) is 5.49. The molecule has 0 N–H and O–H groups in total. The maximum atomic E-state index is 12.9. The van der Waals surface area contributed by atoms with Gasteiger partial charge in [0.1, 0.15) is 11.5 Å². The first-order valence-corrected chi connectivity index (χ1v) is 9.77. The van der Waals surface area contributed by atoms with Gasteiger partial charge in [-0.25, -0.2) is 0 Å². The number of aryl methyl sites for hydroxylation is 2. The molecule has 0 radical (unpaired) electrons. The molecule has 146 valence electrons. The van der Waals surface area contributed by atoms with Crippen molar-refractivity contribution in [3.8, 4) is 5.75 Å². The number of hydrogen-bond acceptors (Lipinski definition) is 3. The molecule has 0 fully saturated rings. The maximum Gasteiger partial charge on any atom is 0.261 e. The van der Waals surface area contributed by atoms with Crippen molar-refractivity contribution in [2.45, 2.75) is 39.8 Å². The van der Waals surface area contributed by atoms with Crippen LogP contribution in [0.15, 0.2) is 71.3 Å². The highest BCUT2D eigenvalue weighted by Gasteiger charge is 2.17. The molecule has 28 heavy (non-hydrogen) atoms. The predicted molar refractivity (Wildman–Crippen MR) is 110 cm³/mol. The smallest absolute Gasteiger partial charge is 0.261 e. The zero-order valence-corrected chi connectivity index (χ0v) is 16.6. The molecule has 0 aliphatic carbocycles. The quantitative estimate of drug-likeness (QED) is 0.526. The lowest BCUT2D eigenvalue weighted by atomic mass is 10.1. The Kier molecular flexibility index (Phi) is 6.90. The van der Waals surface area contributed by atoms with Crippen molar-refractivity contribution in [2.75, 3.05) is 6.61 Å². The molecule has 0 aliphatic heterocycles. The van der Waals surface area contributed by atoms with Crippen molar-refractivity contribution in [1.82, 2.24) is 4.90 Å². The van der Waals surface area contributed by atoms with Gasteiger partial charge >= 0.3 is 0 Å². The summed E-state index contributed by atoms with van der Waals surface area (Å²) < 4.78 is 11.2. The summed E-state index contributed by atoms with van der Waals surface area (Å²) in [5, 5.41) is 0. The average molecular weight is 377 g/mol. The van der Waals surface area contributed by atoms with Gasteiger partial charge < -0.3 is 14.1 Å². The maximum absolute atomic E-state index is 12.9. The van der Waals surface area contributed by atoms with Gasteiger partial charge in [0.15, 0.2) is 6.61 Å². The van der Waals surface area contributed by atoms with Gasteiger partial charge in [0.05, 0.1) is 12.8 Å². The van der Waals surface area contributed by atoms with E-state index in [0.717, 1.165) is 24.2 Å². The molecule has 0 bridgehead atoms. The summed E-state index contributed by atoms with van der Waals surface area (Å²) in [4.78, 5) is 14.6. The van der Waals surface area contributed by atoms with Crippen LogP contribution < -0.4 is 4.74 Å². The number of hydrogen-bond donors (Lipinski definition) is 0. The average Bonchev–Trinajstić information content (AvgIpc) is 3.25. The van der Waals surface area contributed by atoms with E-state index in [1.807, 2.05) is 36.4 Å². The van der Waals surface area contributed by atoms with Gasteiger partial charge in [-0.1, -0.05) is 50.2 Å². The standard InChI is InChI=1S/C24H27NO3/c1-3-19-7-9-21(10-8-19)16-25(17-23-6-5-15-27-23)24(26)18-28-22-13-11-20(4-2)12-14-22/h5-15H,3-4,16-18H2,1-2H3. The van der Waals surface area contributed by atoms with E-state index in [1.54, 1.807) is 11.2 Å². The van der Waals surface area contributed by atoms with Crippen molar-refractivity contribution in [3.63, 3.8) is 0 Å². The molecule has 4 heteroatoms. The van der Waals surface area contributed by atoms with E-state index in [-0.39, 0.29) is 12.5 Å². The summed E-state index contributed by atoms with van der Waals surface area (Å²) in [6, 6.07) is 19.9. The van der Waals surface area contributed by atoms with Crippen LogP contribution in [0.3, 0.4) is 0 Å². The van der Waals surface area contributed by atoms with E-state index in [9.17, 15) is 4.79 Å². The first-order valence-electron chi connectivity index (χ1n) is 9.77. The molecule has 3 rings (SSSR count). The van der Waals surface area contributed by atoms with Crippen molar-refractivity contribution >= 4 is 5.91 Å². The lowest BCUT2D eigenvalue weighted by Gasteiger charge is -2.22. The number of carbonyl (C=O) groups excluding carboxylic acids is 1. The molecule has 0 saturated carbocycles. The molecule has 4 nitrogen and oxygen atoms in total. The molecular weight excluding hydrogens is 350 g/mol. The van der Waals surface area contributed by atoms with Gasteiger partial charge in [-0.05, 0) is 53.8 Å². The van der Waals surface area contributed by atoms with Crippen molar-refractivity contribution in [2.24, 2.45) is 0 Å². The van der Waals surface area contributed by atoms with Crippen LogP contribution in [0.25, 0.3) is 0 Å². The fraction of sp³-hybridized carbons (Fsp3) is 0.292. The SMILES string of the molecule is CCc1ccc(CN(Cc2ccco2)C(=O)COc2ccc(CC)cc2)cc1. The van der Waals surface area contributed by atoms with Crippen molar-refractivity contribution in [1.29, 1.82) is 0 Å². The molecule has 0 aliphatic rings. The second kappa shape index (κ2) is 9.79. The van der Waals surface area contributed by atoms with Crippen LogP contribution in [-0.4, -0.2) is 17.4 Å². The number of rotatable bonds is 9. The number of benzene rings is 2. The Bertz CT molecular complexity index is 852. The Morgan fingerprint density at radius 1 is 0.857 bits per heavy atom. The number of ether oxygens (including phenoxy) is 1. The van der Waals surface area contributed by atoms with E-state index in [0.29, 0.717) is 18.8 Å². The molecule has 3 aromatic rings. The van der Waals surface area contributed by atoms with Crippen molar-refractivity contribution < 1.29 is 13.9 Å². The summed E-state index contributed by atoms with van der Waals surface area (Å²) >= 11 is 0. The summed E-state index contributed by atoms with van der Waals surface area (Å²) in [6.07, 6.45) is 3.60. The van der Waals surface area contributed by atoms with Crippen LogP contribution in [0.1, 0.15) is 36.3 Å². The summed E-state index contributed by atoms with van der Waals surface area (Å²) in [6.45, 7) is 5.17. The molecule has 1 amide bonds. The molecule has 0 spiro atoms. The normalized spacial score (nSPS) is 10.6. The van der Waals surface area contributed by atoms with E-state index in [4.69, 9.17) is 9.15 Å². The predicted octanol–water partition coefficient (Wildman–Crippen LogP) is 5.01. The number of amides is 1. The number of nitrogens with zero attached hydrogens (tertiary/aromatic N) is 1. The molecule has 1 heterocycles. The minimum absolute atomic E-state index is 0.000770. The van der Waals surface area contributed by atoms with E-state index in [1.165, 1.54) is 11.1 Å². The third-order valence-electron chi connectivity index (χ3n) is 4.78. The van der Waals surface area contributed by atoms with Crippen LogP contribution in [0.2, 0.25) is 0 Å². The van der Waals surface area contributed by atoms with Gasteiger partial charge in [-0.3, -0.25) is 4.79 Å².